The molecule has 0 bridgehead atoms. The van der Waals surface area contributed by atoms with E-state index in [9.17, 15) is 9.90 Å². The van der Waals surface area contributed by atoms with Gasteiger partial charge in [0.1, 0.15) is 11.6 Å². The standard InChI is InChI=1S/C21H18Cl2N3O2/c22-14-7-10-16(17(23)12-14)21-18(2-1-3-19(24)28)25-20(26-21)11-6-13-4-8-15(27)9-5-13/h1,3-5,7-12,27H,2,6H2,(H2,24,28)(H,25,26)/b3-1-. The molecule has 0 saturated carbocycles. The number of benzene rings is 2. The van der Waals surface area contributed by atoms with Crippen molar-refractivity contribution >= 4 is 29.1 Å². The lowest BCUT2D eigenvalue weighted by Gasteiger charge is -2.04. The Balaban J connectivity index is 1.87. The van der Waals surface area contributed by atoms with Crippen molar-refractivity contribution in [3.05, 3.63) is 88.2 Å². The monoisotopic (exact) mass is 414 g/mol. The Morgan fingerprint density at radius 2 is 1.89 bits per heavy atom. The fraction of sp³-hybridized carbons (Fsp3) is 0.0952. The molecule has 2 aromatic carbocycles. The third kappa shape index (κ3) is 5.15. The Labute approximate surface area is 172 Å². The second kappa shape index (κ2) is 8.95. The third-order valence-corrected chi connectivity index (χ3v) is 4.60. The van der Waals surface area contributed by atoms with E-state index in [4.69, 9.17) is 28.9 Å². The number of amides is 1. The highest BCUT2D eigenvalue weighted by Crippen LogP contribution is 2.32. The van der Waals surface area contributed by atoms with Crippen LogP contribution < -0.4 is 5.73 Å². The Hall–Kier alpha value is -2.76. The first-order valence-electron chi connectivity index (χ1n) is 8.54. The number of carbonyl (C=O) groups excluding carboxylic acids is 1. The maximum absolute atomic E-state index is 11.0. The molecule has 1 aromatic heterocycles. The minimum Gasteiger partial charge on any atom is -0.508 e. The number of aromatic amines is 1. The summed E-state index contributed by atoms with van der Waals surface area (Å²) in [4.78, 5) is 18.9. The second-order valence-corrected chi connectivity index (χ2v) is 7.00. The minimum atomic E-state index is -0.510. The first kappa shape index (κ1) is 20.0. The average molecular weight is 415 g/mol. The van der Waals surface area contributed by atoms with Crippen molar-refractivity contribution in [3.63, 3.8) is 0 Å². The molecule has 7 heteroatoms. The van der Waals surface area contributed by atoms with Gasteiger partial charge in [0.2, 0.25) is 5.91 Å². The lowest BCUT2D eigenvalue weighted by molar-refractivity contribution is -0.113. The summed E-state index contributed by atoms with van der Waals surface area (Å²) in [5.74, 6) is 0.395. The minimum absolute atomic E-state index is 0.227. The van der Waals surface area contributed by atoms with Gasteiger partial charge in [-0.25, -0.2) is 4.98 Å². The molecule has 0 aliphatic heterocycles. The van der Waals surface area contributed by atoms with Crippen LogP contribution in [0.1, 0.15) is 17.1 Å². The van der Waals surface area contributed by atoms with Crippen molar-refractivity contribution in [2.45, 2.75) is 12.8 Å². The Kier molecular flexibility index (Phi) is 6.39. The van der Waals surface area contributed by atoms with Gasteiger partial charge in [0, 0.05) is 29.1 Å². The summed E-state index contributed by atoms with van der Waals surface area (Å²) >= 11 is 12.4. The first-order valence-corrected chi connectivity index (χ1v) is 9.29. The zero-order valence-corrected chi connectivity index (χ0v) is 16.3. The predicted octanol–water partition coefficient (Wildman–Crippen LogP) is 4.47. The SMILES string of the molecule is NC(=O)/C=C\Cc1[nH]c([CH]Cc2ccc(O)cc2)nc1-c1ccc(Cl)cc1Cl. The molecule has 3 aromatic rings. The summed E-state index contributed by atoms with van der Waals surface area (Å²) < 4.78 is 0. The van der Waals surface area contributed by atoms with Gasteiger partial charge in [0.25, 0.3) is 0 Å². The van der Waals surface area contributed by atoms with E-state index in [1.54, 1.807) is 30.3 Å². The topological polar surface area (TPSA) is 92.0 Å². The molecule has 1 amide bonds. The van der Waals surface area contributed by atoms with Gasteiger partial charge in [-0.1, -0.05) is 41.4 Å². The number of nitrogens with zero attached hydrogens (tertiary/aromatic N) is 1. The van der Waals surface area contributed by atoms with Gasteiger partial charge in [-0.05, 0) is 48.4 Å². The van der Waals surface area contributed by atoms with Gasteiger partial charge in [0.15, 0.2) is 0 Å². The molecule has 3 rings (SSSR count). The van der Waals surface area contributed by atoms with E-state index in [1.807, 2.05) is 24.6 Å². The van der Waals surface area contributed by atoms with Crippen LogP contribution in [0, 0.1) is 6.42 Å². The number of nitrogens with two attached hydrogens (primary N) is 1. The highest BCUT2D eigenvalue weighted by molar-refractivity contribution is 6.36. The first-order chi connectivity index (χ1) is 13.4. The average Bonchev–Trinajstić information content (AvgIpc) is 3.04. The van der Waals surface area contributed by atoms with Gasteiger partial charge in [-0.2, -0.15) is 0 Å². The highest BCUT2D eigenvalue weighted by atomic mass is 35.5. The summed E-state index contributed by atoms with van der Waals surface area (Å²) in [5.41, 5.74) is 8.44. The number of phenols is 1. The fourth-order valence-electron chi connectivity index (χ4n) is 2.72. The molecule has 1 radical (unpaired) electrons. The van der Waals surface area contributed by atoms with Crippen LogP contribution in [0.2, 0.25) is 10.0 Å². The van der Waals surface area contributed by atoms with E-state index < -0.39 is 5.91 Å². The van der Waals surface area contributed by atoms with E-state index >= 15 is 0 Å². The van der Waals surface area contributed by atoms with E-state index in [2.05, 4.69) is 9.97 Å². The molecule has 143 valence electrons. The molecule has 1 heterocycles. The number of allylic oxidation sites excluding steroid dienone is 1. The van der Waals surface area contributed by atoms with Crippen LogP contribution in [0.5, 0.6) is 5.75 Å². The van der Waals surface area contributed by atoms with Gasteiger partial charge in [-0.15, -0.1) is 0 Å². The van der Waals surface area contributed by atoms with Crippen molar-refractivity contribution in [3.8, 4) is 17.0 Å². The highest BCUT2D eigenvalue weighted by Gasteiger charge is 2.15. The quantitative estimate of drug-likeness (QED) is 0.498. The number of halogens is 2. The van der Waals surface area contributed by atoms with Crippen LogP contribution >= 0.6 is 23.2 Å². The van der Waals surface area contributed by atoms with Crippen LogP contribution in [0.4, 0.5) is 0 Å². The Morgan fingerprint density at radius 1 is 1.14 bits per heavy atom. The number of rotatable bonds is 7. The van der Waals surface area contributed by atoms with E-state index in [0.717, 1.165) is 16.8 Å². The number of hydrogen-bond acceptors (Lipinski definition) is 3. The molecule has 0 unspecified atom stereocenters. The van der Waals surface area contributed by atoms with Crippen LogP contribution in [0.15, 0.2) is 54.6 Å². The van der Waals surface area contributed by atoms with E-state index in [0.29, 0.717) is 34.4 Å². The Bertz CT molecular complexity index is 1010. The van der Waals surface area contributed by atoms with Crippen molar-refractivity contribution < 1.29 is 9.90 Å². The number of primary amides is 1. The summed E-state index contributed by atoms with van der Waals surface area (Å²) in [6.07, 6.45) is 6.01. The molecule has 0 aliphatic rings. The van der Waals surface area contributed by atoms with E-state index in [-0.39, 0.29) is 5.75 Å². The second-order valence-electron chi connectivity index (χ2n) is 6.16. The number of imidazole rings is 1. The van der Waals surface area contributed by atoms with Crippen molar-refractivity contribution in [1.29, 1.82) is 0 Å². The molecule has 0 fully saturated rings. The predicted molar refractivity (Wildman–Crippen MR) is 111 cm³/mol. The van der Waals surface area contributed by atoms with E-state index in [1.165, 1.54) is 6.08 Å². The summed E-state index contributed by atoms with van der Waals surface area (Å²) in [6, 6.07) is 12.2. The molecule has 0 aliphatic carbocycles. The zero-order chi connectivity index (χ0) is 20.1. The number of aromatic nitrogens is 2. The number of nitrogens with one attached hydrogen (secondary N) is 1. The van der Waals surface area contributed by atoms with Crippen LogP contribution in [-0.2, 0) is 17.6 Å². The number of hydrogen-bond donors (Lipinski definition) is 3. The zero-order valence-electron chi connectivity index (χ0n) is 14.8. The number of phenolic OH excluding ortho intramolecular Hbond substituents is 1. The van der Waals surface area contributed by atoms with Gasteiger partial charge in [-0.3, -0.25) is 4.79 Å². The molecular weight excluding hydrogens is 397 g/mol. The molecule has 28 heavy (non-hydrogen) atoms. The van der Waals surface area contributed by atoms with Gasteiger partial charge in [0.05, 0.1) is 10.7 Å². The maximum atomic E-state index is 11.0. The summed E-state index contributed by atoms with van der Waals surface area (Å²) in [7, 11) is 0. The van der Waals surface area contributed by atoms with Crippen molar-refractivity contribution in [1.82, 2.24) is 9.97 Å². The van der Waals surface area contributed by atoms with Crippen molar-refractivity contribution in [2.75, 3.05) is 0 Å². The summed E-state index contributed by atoms with van der Waals surface area (Å²) in [6.45, 7) is 0. The number of aromatic hydroxyl groups is 1. The largest absolute Gasteiger partial charge is 0.508 e. The summed E-state index contributed by atoms with van der Waals surface area (Å²) in [5, 5.41) is 10.4. The van der Waals surface area contributed by atoms with Gasteiger partial charge < -0.3 is 15.8 Å². The lowest BCUT2D eigenvalue weighted by atomic mass is 10.1. The van der Waals surface area contributed by atoms with Crippen LogP contribution in [0.3, 0.4) is 0 Å². The number of carbonyl (C=O) groups is 1. The fourth-order valence-corrected chi connectivity index (χ4v) is 3.22. The van der Waals surface area contributed by atoms with Crippen LogP contribution in [0.25, 0.3) is 11.3 Å². The van der Waals surface area contributed by atoms with Gasteiger partial charge >= 0.3 is 0 Å². The molecule has 0 spiro atoms. The third-order valence-electron chi connectivity index (χ3n) is 4.05. The number of H-pyrrole nitrogens is 1. The van der Waals surface area contributed by atoms with Crippen molar-refractivity contribution in [2.24, 2.45) is 5.73 Å². The lowest BCUT2D eigenvalue weighted by Crippen LogP contribution is -2.05. The maximum Gasteiger partial charge on any atom is 0.241 e. The molecule has 0 atom stereocenters. The molecular formula is C21H18Cl2N3O2. The molecule has 0 saturated heterocycles. The normalized spacial score (nSPS) is 11.2. The molecule has 4 N–H and O–H groups in total. The van der Waals surface area contributed by atoms with Crippen LogP contribution in [-0.4, -0.2) is 21.0 Å². The molecule has 5 nitrogen and oxygen atoms in total. The smallest absolute Gasteiger partial charge is 0.241 e. The Morgan fingerprint density at radius 3 is 2.57 bits per heavy atom.